The third-order valence-electron chi connectivity index (χ3n) is 3.34. The van der Waals surface area contributed by atoms with Crippen LogP contribution in [0, 0.1) is 0 Å². The van der Waals surface area contributed by atoms with Crippen LogP contribution in [0.5, 0.6) is 11.5 Å². The summed E-state index contributed by atoms with van der Waals surface area (Å²) in [6.45, 7) is 1.11. The first-order valence-corrected chi connectivity index (χ1v) is 5.83. The number of fused-ring (bicyclic) bond motifs is 1. The van der Waals surface area contributed by atoms with E-state index in [1.54, 1.807) is 32.2 Å². The van der Waals surface area contributed by atoms with Gasteiger partial charge < -0.3 is 20.1 Å². The standard InChI is InChI=1S/C13H18N2O3/c1-15-7-8(6-14)10-4-9(17-2)5-11(18-3)12(10)13(15)16/h4-5,8H,6-7,14H2,1-3H3. The molecule has 0 saturated heterocycles. The van der Waals surface area contributed by atoms with Gasteiger partial charge >= 0.3 is 0 Å². The maximum atomic E-state index is 12.2. The summed E-state index contributed by atoms with van der Waals surface area (Å²) in [6.07, 6.45) is 0. The van der Waals surface area contributed by atoms with E-state index in [2.05, 4.69) is 0 Å². The summed E-state index contributed by atoms with van der Waals surface area (Å²) in [4.78, 5) is 13.9. The minimum absolute atomic E-state index is 0.0331. The maximum absolute atomic E-state index is 12.2. The van der Waals surface area contributed by atoms with E-state index in [1.165, 1.54) is 0 Å². The summed E-state index contributed by atoms with van der Waals surface area (Å²) >= 11 is 0. The van der Waals surface area contributed by atoms with Crippen molar-refractivity contribution in [2.24, 2.45) is 5.73 Å². The number of carbonyl (C=O) groups excluding carboxylic acids is 1. The summed E-state index contributed by atoms with van der Waals surface area (Å²) in [5, 5.41) is 0. The summed E-state index contributed by atoms with van der Waals surface area (Å²) in [5.74, 6) is 1.31. The SMILES string of the molecule is COc1cc(OC)c2c(c1)C(CN)CN(C)C2=O. The number of nitrogens with zero attached hydrogens (tertiary/aromatic N) is 1. The average Bonchev–Trinajstić information content (AvgIpc) is 2.41. The van der Waals surface area contributed by atoms with E-state index in [0.29, 0.717) is 30.2 Å². The zero-order valence-corrected chi connectivity index (χ0v) is 10.9. The second-order valence-corrected chi connectivity index (χ2v) is 4.41. The average molecular weight is 250 g/mol. The van der Waals surface area contributed by atoms with Gasteiger partial charge in [0.15, 0.2) is 0 Å². The molecule has 1 atom stereocenters. The third-order valence-corrected chi connectivity index (χ3v) is 3.34. The monoisotopic (exact) mass is 250 g/mol. The molecular formula is C13H18N2O3. The van der Waals surface area contributed by atoms with Gasteiger partial charge in [-0.3, -0.25) is 4.79 Å². The molecular weight excluding hydrogens is 232 g/mol. The summed E-state index contributed by atoms with van der Waals surface area (Å²) in [6, 6.07) is 3.60. The van der Waals surface area contributed by atoms with Crippen LogP contribution in [-0.2, 0) is 0 Å². The molecule has 0 aromatic heterocycles. The van der Waals surface area contributed by atoms with Gasteiger partial charge in [-0.25, -0.2) is 0 Å². The van der Waals surface area contributed by atoms with Crippen molar-refractivity contribution in [3.05, 3.63) is 23.3 Å². The van der Waals surface area contributed by atoms with Crippen LogP contribution in [0.2, 0.25) is 0 Å². The van der Waals surface area contributed by atoms with Crippen LogP contribution in [0.15, 0.2) is 12.1 Å². The second kappa shape index (κ2) is 4.86. The van der Waals surface area contributed by atoms with Crippen molar-refractivity contribution in [1.29, 1.82) is 0 Å². The predicted octanol–water partition coefficient (Wildman–Crippen LogP) is 0.832. The first-order chi connectivity index (χ1) is 8.62. The molecule has 0 radical (unpaired) electrons. The van der Waals surface area contributed by atoms with E-state index in [4.69, 9.17) is 15.2 Å². The molecule has 0 fully saturated rings. The number of hydrogen-bond donors (Lipinski definition) is 1. The lowest BCUT2D eigenvalue weighted by Gasteiger charge is -2.32. The largest absolute Gasteiger partial charge is 0.497 e. The summed E-state index contributed by atoms with van der Waals surface area (Å²) in [5.41, 5.74) is 7.30. The minimum atomic E-state index is -0.0331. The molecule has 0 saturated carbocycles. The van der Waals surface area contributed by atoms with Crippen LogP contribution in [0.4, 0.5) is 0 Å². The first-order valence-electron chi connectivity index (χ1n) is 5.83. The van der Waals surface area contributed by atoms with E-state index >= 15 is 0 Å². The zero-order valence-electron chi connectivity index (χ0n) is 10.9. The Balaban J connectivity index is 2.63. The summed E-state index contributed by atoms with van der Waals surface area (Å²) in [7, 11) is 4.92. The highest BCUT2D eigenvalue weighted by molar-refractivity contribution is 6.00. The highest BCUT2D eigenvalue weighted by Crippen LogP contribution is 2.36. The molecule has 5 heteroatoms. The van der Waals surface area contributed by atoms with Gasteiger partial charge in [0.1, 0.15) is 11.5 Å². The molecule has 2 N–H and O–H groups in total. The van der Waals surface area contributed by atoms with Crippen LogP contribution in [0.3, 0.4) is 0 Å². The molecule has 18 heavy (non-hydrogen) atoms. The molecule has 1 unspecified atom stereocenters. The normalized spacial score (nSPS) is 18.6. The van der Waals surface area contributed by atoms with Crippen LogP contribution >= 0.6 is 0 Å². The van der Waals surface area contributed by atoms with E-state index in [0.717, 1.165) is 5.56 Å². The molecule has 1 amide bonds. The molecule has 98 valence electrons. The molecule has 2 rings (SSSR count). The van der Waals surface area contributed by atoms with Gasteiger partial charge in [0.05, 0.1) is 19.8 Å². The highest BCUT2D eigenvalue weighted by Gasteiger charge is 2.32. The number of likely N-dealkylation sites (N-methyl/N-ethyl adjacent to an activating group) is 1. The van der Waals surface area contributed by atoms with Gasteiger partial charge in [0, 0.05) is 32.1 Å². The Morgan fingerprint density at radius 2 is 2.11 bits per heavy atom. The minimum Gasteiger partial charge on any atom is -0.497 e. The van der Waals surface area contributed by atoms with Crippen molar-refractivity contribution in [3.63, 3.8) is 0 Å². The van der Waals surface area contributed by atoms with Crippen LogP contribution in [-0.4, -0.2) is 45.2 Å². The fraction of sp³-hybridized carbons (Fsp3) is 0.462. The number of ether oxygens (including phenoxy) is 2. The van der Waals surface area contributed by atoms with Crippen molar-refractivity contribution >= 4 is 5.91 Å². The molecule has 1 heterocycles. The Morgan fingerprint density at radius 1 is 1.39 bits per heavy atom. The number of carbonyl (C=O) groups is 1. The Morgan fingerprint density at radius 3 is 2.67 bits per heavy atom. The number of hydrogen-bond acceptors (Lipinski definition) is 4. The highest BCUT2D eigenvalue weighted by atomic mass is 16.5. The maximum Gasteiger partial charge on any atom is 0.257 e. The number of methoxy groups -OCH3 is 2. The molecule has 0 aliphatic carbocycles. The van der Waals surface area contributed by atoms with E-state index < -0.39 is 0 Å². The van der Waals surface area contributed by atoms with E-state index in [9.17, 15) is 4.79 Å². The molecule has 1 aromatic carbocycles. The smallest absolute Gasteiger partial charge is 0.257 e. The Bertz CT molecular complexity index is 474. The first kappa shape index (κ1) is 12.7. The number of amides is 1. The van der Waals surface area contributed by atoms with Gasteiger partial charge in [0.2, 0.25) is 0 Å². The number of benzene rings is 1. The third kappa shape index (κ3) is 1.90. The number of nitrogens with two attached hydrogens (primary N) is 1. The molecule has 5 nitrogen and oxygen atoms in total. The molecule has 0 bridgehead atoms. The Labute approximate surface area is 106 Å². The van der Waals surface area contributed by atoms with Gasteiger partial charge in [-0.1, -0.05) is 0 Å². The van der Waals surface area contributed by atoms with Gasteiger partial charge in [-0.05, 0) is 11.6 Å². The van der Waals surface area contributed by atoms with Crippen molar-refractivity contribution in [2.75, 3.05) is 34.4 Å². The quantitative estimate of drug-likeness (QED) is 0.863. The summed E-state index contributed by atoms with van der Waals surface area (Å²) < 4.78 is 10.5. The Kier molecular flexibility index (Phi) is 3.43. The van der Waals surface area contributed by atoms with E-state index in [-0.39, 0.29) is 11.8 Å². The van der Waals surface area contributed by atoms with Crippen LogP contribution in [0.1, 0.15) is 21.8 Å². The van der Waals surface area contributed by atoms with Gasteiger partial charge in [-0.15, -0.1) is 0 Å². The van der Waals surface area contributed by atoms with Crippen molar-refractivity contribution in [1.82, 2.24) is 4.90 Å². The molecule has 1 aliphatic heterocycles. The topological polar surface area (TPSA) is 64.8 Å². The van der Waals surface area contributed by atoms with Gasteiger partial charge in [-0.2, -0.15) is 0 Å². The molecule has 1 aromatic rings. The predicted molar refractivity (Wildman–Crippen MR) is 68.3 cm³/mol. The van der Waals surface area contributed by atoms with Crippen LogP contribution < -0.4 is 15.2 Å². The van der Waals surface area contributed by atoms with Crippen molar-refractivity contribution < 1.29 is 14.3 Å². The van der Waals surface area contributed by atoms with Crippen molar-refractivity contribution in [3.8, 4) is 11.5 Å². The fourth-order valence-corrected chi connectivity index (χ4v) is 2.34. The van der Waals surface area contributed by atoms with E-state index in [1.807, 2.05) is 6.07 Å². The second-order valence-electron chi connectivity index (χ2n) is 4.41. The van der Waals surface area contributed by atoms with Crippen molar-refractivity contribution in [2.45, 2.75) is 5.92 Å². The fourth-order valence-electron chi connectivity index (χ4n) is 2.34. The molecule has 0 spiro atoms. The molecule has 1 aliphatic rings. The lowest BCUT2D eigenvalue weighted by atomic mass is 9.88. The van der Waals surface area contributed by atoms with Gasteiger partial charge in [0.25, 0.3) is 5.91 Å². The zero-order chi connectivity index (χ0) is 13.3. The Hall–Kier alpha value is -1.75. The lowest BCUT2D eigenvalue weighted by molar-refractivity contribution is 0.0762. The lowest BCUT2D eigenvalue weighted by Crippen LogP contribution is -2.39. The van der Waals surface area contributed by atoms with Crippen LogP contribution in [0.25, 0.3) is 0 Å². The number of rotatable bonds is 3.